The zero-order chi connectivity index (χ0) is 15.2. The first-order chi connectivity index (χ1) is 9.35. The number of ether oxygens (including phenoxy) is 1. The molecule has 8 heteroatoms. The molecule has 1 aliphatic heterocycles. The molecule has 0 bridgehead atoms. The van der Waals surface area contributed by atoms with Gasteiger partial charge in [-0.15, -0.1) is 0 Å². The van der Waals surface area contributed by atoms with E-state index >= 15 is 0 Å². The summed E-state index contributed by atoms with van der Waals surface area (Å²) in [5.41, 5.74) is 0. The molecule has 1 aliphatic rings. The van der Waals surface area contributed by atoms with E-state index in [1.807, 2.05) is 0 Å². The van der Waals surface area contributed by atoms with Crippen molar-refractivity contribution in [1.82, 2.24) is 13.9 Å². The minimum absolute atomic E-state index is 0.0577. The number of nitrogens with zero attached hydrogens (tertiary/aromatic N) is 2. The number of rotatable bonds is 7. The van der Waals surface area contributed by atoms with Gasteiger partial charge in [0.2, 0.25) is 0 Å². The van der Waals surface area contributed by atoms with Gasteiger partial charge in [0.05, 0.1) is 13.5 Å². The van der Waals surface area contributed by atoms with Crippen molar-refractivity contribution in [2.75, 3.05) is 47.4 Å². The molecule has 0 aromatic heterocycles. The Balaban J connectivity index is 2.34. The number of carbonyl (C=O) groups is 1. The second-order valence-electron chi connectivity index (χ2n) is 5.25. The predicted molar refractivity (Wildman–Crippen MR) is 76.4 cm³/mol. The average molecular weight is 307 g/mol. The lowest BCUT2D eigenvalue weighted by Crippen LogP contribution is -2.43. The summed E-state index contributed by atoms with van der Waals surface area (Å²) < 4.78 is 32.2. The van der Waals surface area contributed by atoms with Crippen molar-refractivity contribution in [1.29, 1.82) is 0 Å². The first kappa shape index (κ1) is 17.4. The molecule has 1 N–H and O–H groups in total. The third kappa shape index (κ3) is 5.74. The first-order valence-electron chi connectivity index (χ1n) is 6.81. The monoisotopic (exact) mass is 307 g/mol. The summed E-state index contributed by atoms with van der Waals surface area (Å²) in [5, 5.41) is 0. The van der Waals surface area contributed by atoms with Crippen LogP contribution in [0.15, 0.2) is 0 Å². The molecule has 0 spiro atoms. The van der Waals surface area contributed by atoms with E-state index in [0.717, 1.165) is 30.2 Å². The number of hydrogen-bond donors (Lipinski definition) is 1. The van der Waals surface area contributed by atoms with Crippen LogP contribution >= 0.6 is 0 Å². The van der Waals surface area contributed by atoms with E-state index in [-0.39, 0.29) is 13.0 Å². The molecule has 0 amide bonds. The Bertz CT molecular complexity index is 405. The highest BCUT2D eigenvalue weighted by atomic mass is 32.2. The van der Waals surface area contributed by atoms with Crippen molar-refractivity contribution in [3.8, 4) is 0 Å². The number of likely N-dealkylation sites (tertiary alicyclic amines) is 1. The van der Waals surface area contributed by atoms with Crippen LogP contribution in [0, 0.1) is 5.92 Å². The Morgan fingerprint density at radius 2 is 2.00 bits per heavy atom. The fourth-order valence-electron chi connectivity index (χ4n) is 2.07. The van der Waals surface area contributed by atoms with Crippen molar-refractivity contribution < 1.29 is 17.9 Å². The lowest BCUT2D eigenvalue weighted by Gasteiger charge is -2.29. The maximum Gasteiger partial charge on any atom is 0.306 e. The van der Waals surface area contributed by atoms with Crippen molar-refractivity contribution in [2.45, 2.75) is 19.3 Å². The SMILES string of the molecule is COC(=O)CCN(C)S(=O)(=O)NCC1CCN(C)CC1. The van der Waals surface area contributed by atoms with Crippen molar-refractivity contribution in [3.05, 3.63) is 0 Å². The number of piperidine rings is 1. The second-order valence-corrected chi connectivity index (χ2v) is 7.11. The summed E-state index contributed by atoms with van der Waals surface area (Å²) in [7, 11) is 1.30. The van der Waals surface area contributed by atoms with Gasteiger partial charge in [0.1, 0.15) is 0 Å². The maximum atomic E-state index is 12.0. The highest BCUT2D eigenvalue weighted by Gasteiger charge is 2.22. The third-order valence-electron chi connectivity index (χ3n) is 3.66. The molecule has 0 atom stereocenters. The highest BCUT2D eigenvalue weighted by molar-refractivity contribution is 7.87. The van der Waals surface area contributed by atoms with Gasteiger partial charge in [-0.1, -0.05) is 0 Å². The molecule has 1 rings (SSSR count). The molecule has 0 aliphatic carbocycles. The molecule has 1 heterocycles. The molecule has 0 unspecified atom stereocenters. The number of methoxy groups -OCH3 is 1. The fourth-order valence-corrected chi connectivity index (χ4v) is 3.07. The van der Waals surface area contributed by atoms with Crippen molar-refractivity contribution in [3.63, 3.8) is 0 Å². The summed E-state index contributed by atoms with van der Waals surface area (Å²) in [6.07, 6.45) is 2.07. The minimum atomic E-state index is -3.52. The Labute approximate surface area is 121 Å². The average Bonchev–Trinajstić information content (AvgIpc) is 2.43. The first-order valence-corrected chi connectivity index (χ1v) is 8.25. The van der Waals surface area contributed by atoms with Crippen LogP contribution in [-0.4, -0.2) is 71.0 Å². The van der Waals surface area contributed by atoms with Crippen LogP contribution in [-0.2, 0) is 19.7 Å². The smallest absolute Gasteiger partial charge is 0.306 e. The largest absolute Gasteiger partial charge is 0.469 e. The number of nitrogens with one attached hydrogen (secondary N) is 1. The molecule has 1 saturated heterocycles. The normalized spacial score (nSPS) is 18.4. The summed E-state index contributed by atoms with van der Waals surface area (Å²) in [6, 6.07) is 0. The van der Waals surface area contributed by atoms with Crippen LogP contribution in [0.4, 0.5) is 0 Å². The molecule has 0 saturated carbocycles. The van der Waals surface area contributed by atoms with Gasteiger partial charge in [0.15, 0.2) is 0 Å². The third-order valence-corrected chi connectivity index (χ3v) is 5.20. The van der Waals surface area contributed by atoms with E-state index in [4.69, 9.17) is 0 Å². The molecular formula is C12H25N3O4S. The Morgan fingerprint density at radius 1 is 1.40 bits per heavy atom. The zero-order valence-electron chi connectivity index (χ0n) is 12.5. The Kier molecular flexibility index (Phi) is 6.87. The van der Waals surface area contributed by atoms with E-state index in [9.17, 15) is 13.2 Å². The summed E-state index contributed by atoms with van der Waals surface area (Å²) in [6.45, 7) is 2.59. The summed E-state index contributed by atoms with van der Waals surface area (Å²) in [4.78, 5) is 13.3. The molecule has 0 aromatic rings. The Morgan fingerprint density at radius 3 is 2.55 bits per heavy atom. The van der Waals surface area contributed by atoms with Gasteiger partial charge in [0, 0.05) is 20.1 Å². The van der Waals surface area contributed by atoms with E-state index in [2.05, 4.69) is 21.4 Å². The van der Waals surface area contributed by atoms with Crippen LogP contribution < -0.4 is 4.72 Å². The lowest BCUT2D eigenvalue weighted by molar-refractivity contribution is -0.140. The lowest BCUT2D eigenvalue weighted by atomic mass is 9.98. The molecule has 7 nitrogen and oxygen atoms in total. The van der Waals surface area contributed by atoms with E-state index in [0.29, 0.717) is 12.5 Å². The molecule has 0 radical (unpaired) electrons. The zero-order valence-corrected chi connectivity index (χ0v) is 13.3. The van der Waals surface area contributed by atoms with Gasteiger partial charge in [-0.3, -0.25) is 4.79 Å². The summed E-state index contributed by atoms with van der Waals surface area (Å²) in [5.74, 6) is -0.0302. The van der Waals surface area contributed by atoms with Gasteiger partial charge in [-0.05, 0) is 38.9 Å². The summed E-state index contributed by atoms with van der Waals surface area (Å²) >= 11 is 0. The highest BCUT2D eigenvalue weighted by Crippen LogP contribution is 2.15. The molecule has 0 aromatic carbocycles. The number of hydrogen-bond acceptors (Lipinski definition) is 5. The molecule has 20 heavy (non-hydrogen) atoms. The van der Waals surface area contributed by atoms with Crippen LogP contribution in [0.25, 0.3) is 0 Å². The molecular weight excluding hydrogens is 282 g/mol. The second kappa shape index (κ2) is 7.92. The van der Waals surface area contributed by atoms with Crippen LogP contribution in [0.2, 0.25) is 0 Å². The van der Waals surface area contributed by atoms with Crippen molar-refractivity contribution >= 4 is 16.2 Å². The Hall–Kier alpha value is -0.700. The number of esters is 1. The van der Waals surface area contributed by atoms with E-state index < -0.39 is 16.2 Å². The standard InChI is InChI=1S/C12H25N3O4S/c1-14-7-4-11(5-8-14)10-13-20(17,18)15(2)9-6-12(16)19-3/h11,13H,4-10H2,1-3H3. The van der Waals surface area contributed by atoms with E-state index in [1.54, 1.807) is 0 Å². The predicted octanol–water partition coefficient (Wildman–Crippen LogP) is -0.342. The number of carbonyl (C=O) groups excluding carboxylic acids is 1. The van der Waals surface area contributed by atoms with Gasteiger partial charge in [0.25, 0.3) is 10.2 Å². The fraction of sp³-hybridized carbons (Fsp3) is 0.917. The molecule has 1 fully saturated rings. The minimum Gasteiger partial charge on any atom is -0.469 e. The quantitative estimate of drug-likeness (QED) is 0.651. The molecule has 118 valence electrons. The maximum absolute atomic E-state index is 12.0. The van der Waals surface area contributed by atoms with Crippen LogP contribution in [0.1, 0.15) is 19.3 Å². The topological polar surface area (TPSA) is 78.9 Å². The van der Waals surface area contributed by atoms with Gasteiger partial charge in [-0.25, -0.2) is 4.72 Å². The van der Waals surface area contributed by atoms with Gasteiger partial charge < -0.3 is 9.64 Å². The van der Waals surface area contributed by atoms with Crippen LogP contribution in [0.3, 0.4) is 0 Å². The van der Waals surface area contributed by atoms with Crippen LogP contribution in [0.5, 0.6) is 0 Å². The van der Waals surface area contributed by atoms with Gasteiger partial charge in [-0.2, -0.15) is 12.7 Å². The van der Waals surface area contributed by atoms with Gasteiger partial charge >= 0.3 is 5.97 Å². The van der Waals surface area contributed by atoms with Crippen molar-refractivity contribution in [2.24, 2.45) is 5.92 Å². The van der Waals surface area contributed by atoms with E-state index in [1.165, 1.54) is 14.2 Å².